The topological polar surface area (TPSA) is 107 Å². The van der Waals surface area contributed by atoms with Crippen LogP contribution in [0.2, 0.25) is 0 Å². The van der Waals surface area contributed by atoms with E-state index >= 15 is 0 Å². The normalized spacial score (nSPS) is 34.7. The highest BCUT2D eigenvalue weighted by Gasteiger charge is 2.60. The molecule has 0 saturated carbocycles. The second-order valence-electron chi connectivity index (χ2n) is 3.64. The highest BCUT2D eigenvalue weighted by molar-refractivity contribution is 5.30. The van der Waals surface area contributed by atoms with Crippen molar-refractivity contribution in [2.24, 2.45) is 0 Å². The Labute approximate surface area is 85.0 Å². The molecular weight excluding hydrogens is 204 g/mol. The molecule has 1 aliphatic rings. The van der Waals surface area contributed by atoms with Gasteiger partial charge in [-0.2, -0.15) is 0 Å². The van der Waals surface area contributed by atoms with Gasteiger partial charge in [-0.15, -0.1) is 0 Å². The molecule has 0 fully saturated rings. The average Bonchev–Trinajstić information content (AvgIpc) is 2.08. The highest BCUT2D eigenvalue weighted by atomic mass is 16.6. The lowest BCUT2D eigenvalue weighted by atomic mass is 9.77. The minimum absolute atomic E-state index is 0.579. The summed E-state index contributed by atoms with van der Waals surface area (Å²) in [6.07, 6.45) is 3.41. The van der Waals surface area contributed by atoms with Gasteiger partial charge in [-0.05, 0) is 13.0 Å². The van der Waals surface area contributed by atoms with E-state index < -0.39 is 26.7 Å². The molecule has 0 radical (unpaired) electrons. The molecule has 2 unspecified atom stereocenters. The first-order chi connectivity index (χ1) is 6.73. The molecule has 0 aromatic heterocycles. The van der Waals surface area contributed by atoms with E-state index in [0.29, 0.717) is 0 Å². The van der Waals surface area contributed by atoms with Crippen LogP contribution in [0.25, 0.3) is 0 Å². The molecule has 0 saturated heterocycles. The third-order valence-electron chi connectivity index (χ3n) is 2.74. The third-order valence-corrected chi connectivity index (χ3v) is 2.74. The van der Waals surface area contributed by atoms with Crippen LogP contribution < -0.4 is 0 Å². The van der Waals surface area contributed by atoms with Crippen LogP contribution in [0.5, 0.6) is 0 Å². The first kappa shape index (κ1) is 11.3. The molecule has 1 N–H and O–H groups in total. The number of allylic oxidation sites excluding steroid dienone is 2. The Kier molecular flexibility index (Phi) is 2.36. The quantitative estimate of drug-likeness (QED) is 0.532. The monoisotopic (exact) mass is 214 g/mol. The van der Waals surface area contributed by atoms with Gasteiger partial charge in [0.05, 0.1) is 4.92 Å². The van der Waals surface area contributed by atoms with E-state index in [2.05, 4.69) is 0 Å². The predicted molar refractivity (Wildman–Crippen MR) is 50.2 cm³/mol. The molecule has 0 aliphatic heterocycles. The molecule has 7 heteroatoms. The van der Waals surface area contributed by atoms with Crippen molar-refractivity contribution in [1.29, 1.82) is 0 Å². The number of aliphatic hydroxyl groups is 1. The van der Waals surface area contributed by atoms with Gasteiger partial charge in [-0.3, -0.25) is 20.2 Å². The average molecular weight is 214 g/mol. The van der Waals surface area contributed by atoms with Gasteiger partial charge < -0.3 is 5.11 Å². The summed E-state index contributed by atoms with van der Waals surface area (Å²) >= 11 is 0. The minimum atomic E-state index is -2.13. The molecule has 0 aromatic carbocycles. The van der Waals surface area contributed by atoms with Gasteiger partial charge in [-0.1, -0.05) is 6.08 Å². The lowest BCUT2D eigenvalue weighted by Gasteiger charge is -2.32. The summed E-state index contributed by atoms with van der Waals surface area (Å²) in [5.74, 6) is 0. The van der Waals surface area contributed by atoms with Crippen LogP contribution in [-0.4, -0.2) is 26.1 Å². The number of nitro groups is 2. The SMILES string of the molecule is CC1(O)C([N+](=O)[O-])=CC=CC1(C)[N+](=O)[O-]. The Bertz CT molecular complexity index is 384. The van der Waals surface area contributed by atoms with E-state index in [9.17, 15) is 25.3 Å². The first-order valence-corrected chi connectivity index (χ1v) is 4.15. The standard InChI is InChI=1S/C8H10N2O5/c1-7(10(14)15)5-3-4-6(9(12)13)8(7,2)11/h3-5,11H,1-2H3. The Hall–Kier alpha value is -1.76. The summed E-state index contributed by atoms with van der Waals surface area (Å²) < 4.78 is 0. The maximum atomic E-state index is 10.8. The van der Waals surface area contributed by atoms with Gasteiger partial charge in [0.2, 0.25) is 5.60 Å². The van der Waals surface area contributed by atoms with Crippen molar-refractivity contribution in [3.8, 4) is 0 Å². The Balaban J connectivity index is 3.32. The molecule has 15 heavy (non-hydrogen) atoms. The van der Waals surface area contributed by atoms with Crippen molar-refractivity contribution in [2.45, 2.75) is 25.0 Å². The van der Waals surface area contributed by atoms with Crippen molar-refractivity contribution in [3.63, 3.8) is 0 Å². The van der Waals surface area contributed by atoms with Crippen LogP contribution >= 0.6 is 0 Å². The molecule has 1 aliphatic carbocycles. The zero-order valence-corrected chi connectivity index (χ0v) is 8.21. The zero-order valence-electron chi connectivity index (χ0n) is 8.21. The van der Waals surface area contributed by atoms with E-state index in [-0.39, 0.29) is 0 Å². The molecule has 0 aromatic rings. The van der Waals surface area contributed by atoms with E-state index in [4.69, 9.17) is 0 Å². The molecule has 0 bridgehead atoms. The van der Waals surface area contributed by atoms with Crippen LogP contribution in [-0.2, 0) is 0 Å². The van der Waals surface area contributed by atoms with Gasteiger partial charge >= 0.3 is 0 Å². The largest absolute Gasteiger partial charge is 0.373 e. The molecule has 2 atom stereocenters. The van der Waals surface area contributed by atoms with Crippen LogP contribution in [0.4, 0.5) is 0 Å². The van der Waals surface area contributed by atoms with Crippen molar-refractivity contribution in [3.05, 3.63) is 44.2 Å². The number of rotatable bonds is 2. The summed E-state index contributed by atoms with van der Waals surface area (Å²) in [5, 5.41) is 31.3. The van der Waals surface area contributed by atoms with E-state index in [1.807, 2.05) is 0 Å². The van der Waals surface area contributed by atoms with Crippen molar-refractivity contribution < 1.29 is 15.0 Å². The van der Waals surface area contributed by atoms with Crippen LogP contribution in [0.15, 0.2) is 23.9 Å². The molecule has 1 rings (SSSR count). The minimum Gasteiger partial charge on any atom is -0.373 e. The van der Waals surface area contributed by atoms with Gasteiger partial charge in [0.1, 0.15) is 0 Å². The van der Waals surface area contributed by atoms with E-state index in [1.165, 1.54) is 6.08 Å². The lowest BCUT2D eigenvalue weighted by Crippen LogP contribution is -2.57. The van der Waals surface area contributed by atoms with Crippen molar-refractivity contribution >= 4 is 0 Å². The number of nitrogens with zero attached hydrogens (tertiary/aromatic N) is 2. The first-order valence-electron chi connectivity index (χ1n) is 4.15. The van der Waals surface area contributed by atoms with E-state index in [0.717, 1.165) is 26.0 Å². The fraction of sp³-hybridized carbons (Fsp3) is 0.500. The van der Waals surface area contributed by atoms with Crippen LogP contribution in [0.3, 0.4) is 0 Å². The highest BCUT2D eigenvalue weighted by Crippen LogP contribution is 2.36. The second kappa shape index (κ2) is 3.13. The fourth-order valence-electron chi connectivity index (χ4n) is 1.39. The van der Waals surface area contributed by atoms with Crippen molar-refractivity contribution in [1.82, 2.24) is 0 Å². The summed E-state index contributed by atoms with van der Waals surface area (Å²) in [6.45, 7) is 2.20. The Morgan fingerprint density at radius 3 is 2.27 bits per heavy atom. The lowest BCUT2D eigenvalue weighted by molar-refractivity contribution is -0.583. The summed E-state index contributed by atoms with van der Waals surface area (Å²) in [5.41, 5.74) is -4.59. The zero-order chi connectivity index (χ0) is 11.9. The number of hydrogen-bond acceptors (Lipinski definition) is 5. The summed E-state index contributed by atoms with van der Waals surface area (Å²) in [4.78, 5) is 19.9. The van der Waals surface area contributed by atoms with Crippen LogP contribution in [0.1, 0.15) is 13.8 Å². The smallest absolute Gasteiger partial charge is 0.285 e. The van der Waals surface area contributed by atoms with Crippen LogP contribution in [0, 0.1) is 20.2 Å². The maximum absolute atomic E-state index is 10.8. The van der Waals surface area contributed by atoms with Gasteiger partial charge in [-0.25, -0.2) is 0 Å². The Morgan fingerprint density at radius 2 is 1.87 bits per heavy atom. The van der Waals surface area contributed by atoms with Gasteiger partial charge in [0, 0.05) is 17.9 Å². The maximum Gasteiger partial charge on any atom is 0.285 e. The number of hydrogen-bond donors (Lipinski definition) is 1. The van der Waals surface area contributed by atoms with Crippen molar-refractivity contribution in [2.75, 3.05) is 0 Å². The molecule has 0 spiro atoms. The van der Waals surface area contributed by atoms with E-state index in [1.54, 1.807) is 0 Å². The molecule has 0 amide bonds. The van der Waals surface area contributed by atoms with Gasteiger partial charge in [0.15, 0.2) is 0 Å². The molecule has 82 valence electrons. The van der Waals surface area contributed by atoms with Gasteiger partial charge in [0.25, 0.3) is 11.2 Å². The predicted octanol–water partition coefficient (Wildman–Crippen LogP) is 0.503. The summed E-state index contributed by atoms with van der Waals surface area (Å²) in [6, 6.07) is 0. The molecule has 7 nitrogen and oxygen atoms in total. The third kappa shape index (κ3) is 1.40. The molecular formula is C8H10N2O5. The Morgan fingerprint density at radius 1 is 1.33 bits per heavy atom. The molecule has 0 heterocycles. The second-order valence-corrected chi connectivity index (χ2v) is 3.64. The summed E-state index contributed by atoms with van der Waals surface area (Å²) in [7, 11) is 0. The fourth-order valence-corrected chi connectivity index (χ4v) is 1.39.